The van der Waals surface area contributed by atoms with Crippen LogP contribution in [0.3, 0.4) is 0 Å². The molecule has 1 atom stereocenters. The van der Waals surface area contributed by atoms with Crippen molar-refractivity contribution >= 4 is 38.7 Å². The molecule has 0 saturated carbocycles. The lowest BCUT2D eigenvalue weighted by Crippen LogP contribution is -2.19. The number of oxime groups is 1. The minimum atomic E-state index is -4.63. The average Bonchev–Trinajstić information content (AvgIpc) is 2.98. The zero-order chi connectivity index (χ0) is 17.6. The number of benzene rings is 1. The molecule has 1 unspecified atom stereocenters. The Morgan fingerprint density at radius 1 is 1.36 bits per heavy atom. The molecule has 1 aromatic heterocycles. The third-order valence-corrected chi connectivity index (χ3v) is 5.20. The van der Waals surface area contributed by atoms with Gasteiger partial charge in [-0.2, -0.15) is 8.42 Å². The van der Waals surface area contributed by atoms with Crippen LogP contribution in [0.15, 0.2) is 29.4 Å². The van der Waals surface area contributed by atoms with Crippen molar-refractivity contribution in [1.82, 2.24) is 9.55 Å². The van der Waals surface area contributed by atoms with Gasteiger partial charge in [0, 0.05) is 24.4 Å². The first kappa shape index (κ1) is 16.6. The summed E-state index contributed by atoms with van der Waals surface area (Å²) in [6.07, 6.45) is 7.86. The van der Waals surface area contributed by atoms with Gasteiger partial charge in [-0.25, -0.2) is 9.27 Å². The summed E-state index contributed by atoms with van der Waals surface area (Å²) in [5.74, 6) is 1.34. The second-order valence-corrected chi connectivity index (χ2v) is 7.60. The van der Waals surface area contributed by atoms with Crippen LogP contribution < -0.4 is 0 Å². The molecule has 0 bridgehead atoms. The molecular weight excluding hydrogens is 366 g/mol. The minimum Gasteiger partial charge on any atom is -0.327 e. The number of aromatic nitrogens is 2. The summed E-state index contributed by atoms with van der Waals surface area (Å²) in [4.78, 5) is 4.78. The fourth-order valence-electron chi connectivity index (χ4n) is 3.56. The first-order valence-electron chi connectivity index (χ1n) is 8.01. The Hall–Kier alpha value is -1.90. The van der Waals surface area contributed by atoms with Crippen LogP contribution in [-0.4, -0.2) is 28.2 Å². The van der Waals surface area contributed by atoms with Crippen molar-refractivity contribution in [3.63, 3.8) is 0 Å². The lowest BCUT2D eigenvalue weighted by molar-refractivity contribution is 0.281. The van der Waals surface area contributed by atoms with Crippen LogP contribution >= 0.6 is 11.6 Å². The molecule has 132 valence electrons. The van der Waals surface area contributed by atoms with Gasteiger partial charge in [-0.05, 0) is 31.4 Å². The molecule has 2 aromatic rings. The highest BCUT2D eigenvalue weighted by Gasteiger charge is 2.28. The molecule has 1 aliphatic heterocycles. The summed E-state index contributed by atoms with van der Waals surface area (Å²) in [5, 5.41) is 4.16. The zero-order valence-electron chi connectivity index (χ0n) is 13.2. The molecule has 2 heterocycles. The molecule has 9 heteroatoms. The normalized spacial score (nSPS) is 21.8. The molecule has 0 saturated heterocycles. The van der Waals surface area contributed by atoms with Gasteiger partial charge in [0.05, 0.1) is 16.3 Å². The highest BCUT2D eigenvalue weighted by Crippen LogP contribution is 2.37. The van der Waals surface area contributed by atoms with Crippen LogP contribution in [0.4, 0.5) is 0 Å². The van der Waals surface area contributed by atoms with E-state index in [1.165, 1.54) is 0 Å². The predicted octanol–water partition coefficient (Wildman–Crippen LogP) is 3.44. The summed E-state index contributed by atoms with van der Waals surface area (Å²) in [6.45, 7) is 0.604. The first-order chi connectivity index (χ1) is 11.9. The average molecular weight is 382 g/mol. The van der Waals surface area contributed by atoms with E-state index in [0.717, 1.165) is 36.2 Å². The minimum absolute atomic E-state index is 0.342. The zero-order valence-corrected chi connectivity index (χ0v) is 14.8. The summed E-state index contributed by atoms with van der Waals surface area (Å²) in [5.41, 5.74) is 2.69. The van der Waals surface area contributed by atoms with Gasteiger partial charge >= 0.3 is 10.4 Å². The van der Waals surface area contributed by atoms with E-state index in [9.17, 15) is 8.42 Å². The molecule has 1 aliphatic carbocycles. The van der Waals surface area contributed by atoms with Gasteiger partial charge in [-0.15, -0.1) is 0 Å². The SMILES string of the molecule is O=S(=O)(O)O/N=C1\CCn2c(C3CC=CCC3)nc3c(Cl)ccc1c32. The summed E-state index contributed by atoms with van der Waals surface area (Å²) in [6, 6.07) is 3.49. The fraction of sp³-hybridized carbons (Fsp3) is 0.375. The van der Waals surface area contributed by atoms with Crippen molar-refractivity contribution in [3.05, 3.63) is 40.7 Å². The molecule has 2 aliphatic rings. The van der Waals surface area contributed by atoms with Gasteiger partial charge < -0.3 is 4.57 Å². The molecule has 1 aromatic carbocycles. The van der Waals surface area contributed by atoms with E-state index < -0.39 is 10.4 Å². The van der Waals surface area contributed by atoms with Gasteiger partial charge in [-0.3, -0.25) is 4.55 Å². The number of nitrogens with zero attached hydrogens (tertiary/aromatic N) is 3. The summed E-state index contributed by atoms with van der Waals surface area (Å²) < 4.78 is 36.7. The van der Waals surface area contributed by atoms with Crippen LogP contribution in [0.5, 0.6) is 0 Å². The van der Waals surface area contributed by atoms with Crippen molar-refractivity contribution < 1.29 is 17.3 Å². The second-order valence-electron chi connectivity index (χ2n) is 6.19. The molecule has 0 fully saturated rings. The Balaban J connectivity index is 1.86. The molecule has 0 radical (unpaired) electrons. The monoisotopic (exact) mass is 381 g/mol. The van der Waals surface area contributed by atoms with Crippen LogP contribution in [0.25, 0.3) is 11.0 Å². The van der Waals surface area contributed by atoms with Crippen molar-refractivity contribution in [2.75, 3.05) is 0 Å². The molecule has 0 amide bonds. The van der Waals surface area contributed by atoms with Crippen molar-refractivity contribution in [2.45, 2.75) is 38.1 Å². The molecule has 4 rings (SSSR count). The van der Waals surface area contributed by atoms with Gasteiger partial charge in [0.2, 0.25) is 0 Å². The lowest BCUT2D eigenvalue weighted by atomic mass is 9.93. The van der Waals surface area contributed by atoms with E-state index in [-0.39, 0.29) is 0 Å². The number of hydrogen-bond acceptors (Lipinski definition) is 5. The number of halogens is 1. The highest BCUT2D eigenvalue weighted by molar-refractivity contribution is 7.80. The topological polar surface area (TPSA) is 93.8 Å². The fourth-order valence-corrected chi connectivity index (χ4v) is 3.94. The predicted molar refractivity (Wildman–Crippen MR) is 94.3 cm³/mol. The van der Waals surface area contributed by atoms with Gasteiger partial charge in [0.15, 0.2) is 0 Å². The van der Waals surface area contributed by atoms with E-state index in [1.807, 2.05) is 0 Å². The third kappa shape index (κ3) is 3.05. The Morgan fingerprint density at radius 3 is 2.92 bits per heavy atom. The molecule has 25 heavy (non-hydrogen) atoms. The number of rotatable bonds is 3. The van der Waals surface area contributed by atoms with E-state index in [4.69, 9.17) is 21.1 Å². The molecule has 7 nitrogen and oxygen atoms in total. The first-order valence-corrected chi connectivity index (χ1v) is 9.75. The van der Waals surface area contributed by atoms with Crippen LogP contribution in [-0.2, 0) is 21.2 Å². The van der Waals surface area contributed by atoms with E-state index in [0.29, 0.717) is 35.1 Å². The van der Waals surface area contributed by atoms with Crippen molar-refractivity contribution in [1.29, 1.82) is 0 Å². The maximum absolute atomic E-state index is 10.8. The Morgan fingerprint density at radius 2 is 2.20 bits per heavy atom. The molecule has 0 spiro atoms. The summed E-state index contributed by atoms with van der Waals surface area (Å²) >= 11 is 6.33. The van der Waals surface area contributed by atoms with Gasteiger partial charge in [-0.1, -0.05) is 28.9 Å². The lowest BCUT2D eigenvalue weighted by Gasteiger charge is -2.22. The third-order valence-electron chi connectivity index (χ3n) is 4.63. The smallest absolute Gasteiger partial charge is 0.327 e. The second kappa shape index (κ2) is 6.12. The summed E-state index contributed by atoms with van der Waals surface area (Å²) in [7, 11) is -4.63. The quantitative estimate of drug-likeness (QED) is 0.499. The Labute approximate surface area is 149 Å². The molecular formula is C16H16ClN3O4S. The standard InChI is InChI=1S/C16H16ClN3O4S/c17-12-7-6-11-13(19-24-25(21,22)23)8-9-20-15(11)14(12)18-16(20)10-4-2-1-3-5-10/h1-2,6-7,10H,3-5,8-9H2,(H,21,22,23)/b19-13+. The number of imidazole rings is 1. The Kier molecular flexibility index (Phi) is 4.05. The highest BCUT2D eigenvalue weighted by atomic mass is 35.5. The van der Waals surface area contributed by atoms with Crippen LogP contribution in [0.1, 0.15) is 43.0 Å². The van der Waals surface area contributed by atoms with E-state index in [1.54, 1.807) is 12.1 Å². The van der Waals surface area contributed by atoms with Gasteiger partial charge in [0.1, 0.15) is 11.3 Å². The maximum Gasteiger partial charge on any atom is 0.466 e. The van der Waals surface area contributed by atoms with Crippen molar-refractivity contribution in [3.8, 4) is 0 Å². The van der Waals surface area contributed by atoms with E-state index in [2.05, 4.69) is 26.2 Å². The number of hydrogen-bond donors (Lipinski definition) is 1. The number of aryl methyl sites for hydroxylation is 1. The molecule has 1 N–H and O–H groups in total. The maximum atomic E-state index is 10.8. The largest absolute Gasteiger partial charge is 0.466 e. The van der Waals surface area contributed by atoms with Crippen molar-refractivity contribution in [2.24, 2.45) is 5.16 Å². The van der Waals surface area contributed by atoms with Crippen LogP contribution in [0, 0.1) is 0 Å². The van der Waals surface area contributed by atoms with Crippen LogP contribution in [0.2, 0.25) is 5.02 Å². The Bertz CT molecular complexity index is 1010. The van der Waals surface area contributed by atoms with E-state index >= 15 is 0 Å². The van der Waals surface area contributed by atoms with Gasteiger partial charge in [0.25, 0.3) is 0 Å². The number of allylic oxidation sites excluding steroid dienone is 2.